The predicted molar refractivity (Wildman–Crippen MR) is 62.1 cm³/mol. The van der Waals surface area contributed by atoms with Gasteiger partial charge in [-0.25, -0.2) is 0 Å². The van der Waals surface area contributed by atoms with Gasteiger partial charge in [-0.15, -0.1) is 0 Å². The molecule has 4 heteroatoms. The second-order valence-electron chi connectivity index (χ2n) is 3.46. The van der Waals surface area contributed by atoms with Crippen molar-refractivity contribution < 1.29 is 9.59 Å². The van der Waals surface area contributed by atoms with Crippen molar-refractivity contribution in [3.05, 3.63) is 35.9 Å². The summed E-state index contributed by atoms with van der Waals surface area (Å²) in [4.78, 5) is 22.9. The van der Waals surface area contributed by atoms with Crippen LogP contribution < -0.4 is 11.1 Å². The van der Waals surface area contributed by atoms with Crippen molar-refractivity contribution >= 4 is 11.7 Å². The molecule has 0 radical (unpaired) electrons. The molecule has 1 aromatic rings. The van der Waals surface area contributed by atoms with E-state index in [1.54, 1.807) is 24.3 Å². The molecule has 0 unspecified atom stereocenters. The maximum Gasteiger partial charge on any atom is 0.227 e. The van der Waals surface area contributed by atoms with Crippen molar-refractivity contribution in [2.75, 3.05) is 13.1 Å². The minimum atomic E-state index is -0.248. The summed E-state index contributed by atoms with van der Waals surface area (Å²) in [7, 11) is 0. The second-order valence-corrected chi connectivity index (χ2v) is 3.46. The highest BCUT2D eigenvalue weighted by atomic mass is 16.2. The Kier molecular flexibility index (Phi) is 5.22. The number of carbonyl (C=O) groups is 2. The zero-order valence-electron chi connectivity index (χ0n) is 9.11. The number of rotatable bonds is 6. The average Bonchev–Trinajstić information content (AvgIpc) is 2.30. The average molecular weight is 220 g/mol. The maximum atomic E-state index is 11.6. The molecular weight excluding hydrogens is 204 g/mol. The number of benzene rings is 1. The molecule has 3 N–H and O–H groups in total. The van der Waals surface area contributed by atoms with Gasteiger partial charge in [-0.05, 0) is 13.0 Å². The first kappa shape index (κ1) is 12.4. The molecule has 0 fully saturated rings. The number of Topliss-reactive ketones (excluding diaryl/α,β-unsaturated/α-hetero) is 1. The highest BCUT2D eigenvalue weighted by Gasteiger charge is 2.10. The Balaban J connectivity index is 2.37. The van der Waals surface area contributed by atoms with Crippen molar-refractivity contribution in [1.82, 2.24) is 5.32 Å². The summed E-state index contributed by atoms with van der Waals surface area (Å²) < 4.78 is 0. The Morgan fingerprint density at radius 2 is 1.88 bits per heavy atom. The molecule has 4 nitrogen and oxygen atoms in total. The van der Waals surface area contributed by atoms with E-state index in [0.717, 1.165) is 6.42 Å². The molecule has 0 saturated carbocycles. The zero-order chi connectivity index (χ0) is 11.8. The summed E-state index contributed by atoms with van der Waals surface area (Å²) in [5, 5.41) is 2.64. The minimum Gasteiger partial charge on any atom is -0.356 e. The van der Waals surface area contributed by atoms with Gasteiger partial charge >= 0.3 is 0 Å². The summed E-state index contributed by atoms with van der Waals surface area (Å²) in [6, 6.07) is 8.79. The maximum absolute atomic E-state index is 11.6. The summed E-state index contributed by atoms with van der Waals surface area (Å²) >= 11 is 0. The molecule has 0 heterocycles. The van der Waals surface area contributed by atoms with Crippen molar-refractivity contribution in [2.45, 2.75) is 12.8 Å². The van der Waals surface area contributed by atoms with E-state index < -0.39 is 0 Å². The SMILES string of the molecule is NCCCNC(=O)CC(=O)c1ccccc1. The fourth-order valence-electron chi connectivity index (χ4n) is 1.26. The molecule has 0 saturated heterocycles. The van der Waals surface area contributed by atoms with Crippen LogP contribution in [0.5, 0.6) is 0 Å². The fourth-order valence-corrected chi connectivity index (χ4v) is 1.26. The van der Waals surface area contributed by atoms with Gasteiger partial charge in [0.25, 0.3) is 0 Å². The number of nitrogens with two attached hydrogens (primary N) is 1. The van der Waals surface area contributed by atoms with Crippen molar-refractivity contribution in [2.24, 2.45) is 5.73 Å². The molecule has 0 spiro atoms. The van der Waals surface area contributed by atoms with E-state index in [9.17, 15) is 9.59 Å². The van der Waals surface area contributed by atoms with Crippen molar-refractivity contribution in [3.8, 4) is 0 Å². The zero-order valence-corrected chi connectivity index (χ0v) is 9.11. The highest BCUT2D eigenvalue weighted by molar-refractivity contribution is 6.07. The van der Waals surface area contributed by atoms with E-state index in [4.69, 9.17) is 5.73 Å². The number of ketones is 1. The van der Waals surface area contributed by atoms with Crippen LogP contribution in [0.4, 0.5) is 0 Å². The molecule has 0 aromatic heterocycles. The van der Waals surface area contributed by atoms with E-state index >= 15 is 0 Å². The molecule has 0 aliphatic heterocycles. The Bertz CT molecular complexity index is 349. The first-order valence-corrected chi connectivity index (χ1v) is 5.29. The highest BCUT2D eigenvalue weighted by Crippen LogP contribution is 2.02. The first-order chi connectivity index (χ1) is 7.74. The summed E-state index contributed by atoms with van der Waals surface area (Å²) in [5.41, 5.74) is 5.85. The summed E-state index contributed by atoms with van der Waals surface area (Å²) in [6.07, 6.45) is 0.625. The Labute approximate surface area is 94.8 Å². The van der Waals surface area contributed by atoms with Crippen LogP contribution in [0.1, 0.15) is 23.2 Å². The van der Waals surface area contributed by atoms with Gasteiger partial charge in [-0.2, -0.15) is 0 Å². The lowest BCUT2D eigenvalue weighted by Gasteiger charge is -2.03. The van der Waals surface area contributed by atoms with Gasteiger partial charge in [-0.3, -0.25) is 9.59 Å². The van der Waals surface area contributed by atoms with Gasteiger partial charge in [0.05, 0.1) is 6.42 Å². The van der Waals surface area contributed by atoms with Gasteiger partial charge in [0.15, 0.2) is 5.78 Å². The number of amides is 1. The standard InChI is InChI=1S/C12H16N2O2/c13-7-4-8-14-12(16)9-11(15)10-5-2-1-3-6-10/h1-3,5-6H,4,7-9,13H2,(H,14,16). The smallest absolute Gasteiger partial charge is 0.227 e. The third kappa shape index (κ3) is 4.23. The monoisotopic (exact) mass is 220 g/mol. The number of nitrogens with one attached hydrogen (secondary N) is 1. The number of carbonyl (C=O) groups excluding carboxylic acids is 2. The van der Waals surface area contributed by atoms with E-state index in [1.165, 1.54) is 0 Å². The first-order valence-electron chi connectivity index (χ1n) is 5.29. The Morgan fingerprint density at radius 3 is 2.50 bits per heavy atom. The fraction of sp³-hybridized carbons (Fsp3) is 0.333. The summed E-state index contributed by atoms with van der Waals surface area (Å²) in [5.74, 6) is -0.409. The minimum absolute atomic E-state index is 0.103. The van der Waals surface area contributed by atoms with Gasteiger partial charge < -0.3 is 11.1 Å². The van der Waals surface area contributed by atoms with E-state index in [-0.39, 0.29) is 18.1 Å². The lowest BCUT2D eigenvalue weighted by atomic mass is 10.1. The Hall–Kier alpha value is -1.68. The second kappa shape index (κ2) is 6.74. The molecule has 0 aliphatic carbocycles. The van der Waals surface area contributed by atoms with Gasteiger partial charge in [0.1, 0.15) is 0 Å². The molecule has 0 aliphatic rings. The predicted octanol–water partition coefficient (Wildman–Crippen LogP) is 0.724. The van der Waals surface area contributed by atoms with E-state index in [2.05, 4.69) is 5.32 Å². The molecule has 0 atom stereocenters. The Morgan fingerprint density at radius 1 is 1.19 bits per heavy atom. The largest absolute Gasteiger partial charge is 0.356 e. The third-order valence-electron chi connectivity index (χ3n) is 2.12. The van der Waals surface area contributed by atoms with Gasteiger partial charge in [-0.1, -0.05) is 30.3 Å². The molecule has 16 heavy (non-hydrogen) atoms. The molecular formula is C12H16N2O2. The van der Waals surface area contributed by atoms with Crippen molar-refractivity contribution in [1.29, 1.82) is 0 Å². The van der Waals surface area contributed by atoms with Crippen molar-refractivity contribution in [3.63, 3.8) is 0 Å². The molecule has 1 rings (SSSR count). The van der Waals surface area contributed by atoms with Crippen LogP contribution in [0, 0.1) is 0 Å². The topological polar surface area (TPSA) is 72.2 Å². The van der Waals surface area contributed by atoms with Crippen LogP contribution in [0.15, 0.2) is 30.3 Å². The van der Waals surface area contributed by atoms with Crippen LogP contribution in [-0.4, -0.2) is 24.8 Å². The molecule has 86 valence electrons. The normalized spacial score (nSPS) is 9.81. The van der Waals surface area contributed by atoms with E-state index in [0.29, 0.717) is 18.7 Å². The lowest BCUT2D eigenvalue weighted by molar-refractivity contribution is -0.120. The molecule has 1 amide bonds. The number of hydrogen-bond acceptors (Lipinski definition) is 3. The van der Waals surface area contributed by atoms with Crippen LogP contribution in [0.3, 0.4) is 0 Å². The van der Waals surface area contributed by atoms with E-state index in [1.807, 2.05) is 6.07 Å². The third-order valence-corrected chi connectivity index (χ3v) is 2.12. The van der Waals surface area contributed by atoms with Crippen LogP contribution in [0.25, 0.3) is 0 Å². The van der Waals surface area contributed by atoms with Crippen LogP contribution >= 0.6 is 0 Å². The quantitative estimate of drug-likeness (QED) is 0.421. The molecule has 0 bridgehead atoms. The lowest BCUT2D eigenvalue weighted by Crippen LogP contribution is -2.27. The van der Waals surface area contributed by atoms with Gasteiger partial charge in [0.2, 0.25) is 5.91 Å². The number of hydrogen-bond donors (Lipinski definition) is 2. The van der Waals surface area contributed by atoms with Crippen LogP contribution in [0.2, 0.25) is 0 Å². The van der Waals surface area contributed by atoms with Crippen LogP contribution in [-0.2, 0) is 4.79 Å². The molecule has 1 aromatic carbocycles. The van der Waals surface area contributed by atoms with Gasteiger partial charge in [0, 0.05) is 12.1 Å². The summed E-state index contributed by atoms with van der Waals surface area (Å²) in [6.45, 7) is 1.06.